The molecular formula is C39H43BrClF2N7O4. The van der Waals surface area contributed by atoms with Crippen LogP contribution in [0.15, 0.2) is 53.4 Å². The summed E-state index contributed by atoms with van der Waals surface area (Å²) in [6, 6.07) is 8.70. The number of hydrogen-bond donors (Lipinski definition) is 2. The molecule has 0 saturated heterocycles. The maximum absolute atomic E-state index is 14.9. The van der Waals surface area contributed by atoms with Crippen LogP contribution in [0.1, 0.15) is 70.2 Å². The number of carbonyl (C=O) groups is 2. The molecule has 0 radical (unpaired) electrons. The summed E-state index contributed by atoms with van der Waals surface area (Å²) in [6.07, 6.45) is 6.03. The Labute approximate surface area is 326 Å². The number of H-pyrrole nitrogens is 1. The first-order chi connectivity index (χ1) is 25.7. The van der Waals surface area contributed by atoms with Gasteiger partial charge in [0.25, 0.3) is 5.91 Å². The molecule has 2 aliphatic rings. The SMILES string of the molecule is CC(C)(C)OC(=O)N1CCc2cc(F)c(Br)cc2C1.COCc1c(C(=O)NCc2cnc3[nH]cc(Cl)c3c2)cnn1Cc1cc2c(cc1F)CCN(C)C2. The molecule has 7 rings (SSSR count). The second-order valence-corrected chi connectivity index (χ2v) is 15.8. The largest absolute Gasteiger partial charge is 0.444 e. The van der Waals surface area contributed by atoms with Gasteiger partial charge in [-0.3, -0.25) is 9.48 Å². The topological polar surface area (TPSA) is 118 Å². The number of benzene rings is 2. The number of aromatic amines is 1. The molecule has 0 bridgehead atoms. The van der Waals surface area contributed by atoms with E-state index in [1.165, 1.54) is 12.3 Å². The molecule has 5 aromatic rings. The van der Waals surface area contributed by atoms with Crippen molar-refractivity contribution in [3.8, 4) is 0 Å². The van der Waals surface area contributed by atoms with Crippen LogP contribution in [-0.4, -0.2) is 74.4 Å². The van der Waals surface area contributed by atoms with E-state index < -0.39 is 5.60 Å². The second kappa shape index (κ2) is 16.6. The smallest absolute Gasteiger partial charge is 0.410 e. The van der Waals surface area contributed by atoms with Crippen LogP contribution < -0.4 is 5.32 Å². The van der Waals surface area contributed by atoms with Crippen molar-refractivity contribution in [2.24, 2.45) is 0 Å². The number of nitrogens with zero attached hydrogens (tertiary/aromatic N) is 5. The summed E-state index contributed by atoms with van der Waals surface area (Å²) < 4.78 is 41.1. The third kappa shape index (κ3) is 9.28. The van der Waals surface area contributed by atoms with Crippen molar-refractivity contribution in [3.05, 3.63) is 115 Å². The van der Waals surface area contributed by atoms with Gasteiger partial charge in [-0.25, -0.2) is 18.6 Å². The number of aromatic nitrogens is 4. The van der Waals surface area contributed by atoms with Gasteiger partial charge in [0.1, 0.15) is 22.9 Å². The minimum Gasteiger partial charge on any atom is -0.444 e. The van der Waals surface area contributed by atoms with Crippen molar-refractivity contribution < 1.29 is 27.8 Å². The normalized spacial score (nSPS) is 14.3. The van der Waals surface area contributed by atoms with Crippen molar-refractivity contribution in [1.82, 2.24) is 34.9 Å². The Balaban J connectivity index is 0.000000221. The Morgan fingerprint density at radius 1 is 1.00 bits per heavy atom. The molecule has 0 fully saturated rings. The van der Waals surface area contributed by atoms with E-state index in [-0.39, 0.29) is 43.3 Å². The maximum Gasteiger partial charge on any atom is 0.410 e. The molecule has 11 nitrogen and oxygen atoms in total. The van der Waals surface area contributed by atoms with Crippen LogP contribution in [0.2, 0.25) is 5.02 Å². The highest BCUT2D eigenvalue weighted by atomic mass is 79.9. The van der Waals surface area contributed by atoms with Gasteiger partial charge in [0, 0.05) is 63.2 Å². The fourth-order valence-electron chi connectivity index (χ4n) is 6.50. The summed E-state index contributed by atoms with van der Waals surface area (Å²) >= 11 is 9.34. The summed E-state index contributed by atoms with van der Waals surface area (Å²) in [4.78, 5) is 36.2. The molecular weight excluding hydrogens is 784 g/mol. The van der Waals surface area contributed by atoms with E-state index in [1.54, 1.807) is 41.2 Å². The van der Waals surface area contributed by atoms with Crippen LogP contribution in [0.5, 0.6) is 0 Å². The van der Waals surface area contributed by atoms with Gasteiger partial charge < -0.3 is 29.6 Å². The monoisotopic (exact) mass is 825 g/mol. The summed E-state index contributed by atoms with van der Waals surface area (Å²) in [5, 5.41) is 8.66. The van der Waals surface area contributed by atoms with Crippen LogP contribution in [0, 0.1) is 11.6 Å². The van der Waals surface area contributed by atoms with E-state index in [4.69, 9.17) is 21.1 Å². The van der Waals surface area contributed by atoms with Gasteiger partial charge in [0.05, 0.1) is 40.1 Å². The van der Waals surface area contributed by atoms with E-state index in [0.29, 0.717) is 51.5 Å². The van der Waals surface area contributed by atoms with Crippen LogP contribution in [0.4, 0.5) is 13.6 Å². The fraction of sp³-hybridized carbons (Fsp3) is 0.385. The Morgan fingerprint density at radius 3 is 2.46 bits per heavy atom. The van der Waals surface area contributed by atoms with E-state index >= 15 is 0 Å². The minimum absolute atomic E-state index is 0.171. The Bertz CT molecular complexity index is 2180. The van der Waals surface area contributed by atoms with Crippen molar-refractivity contribution in [1.29, 1.82) is 0 Å². The Kier molecular flexibility index (Phi) is 12.1. The predicted octanol–water partition coefficient (Wildman–Crippen LogP) is 7.55. The molecule has 2 N–H and O–H groups in total. The lowest BCUT2D eigenvalue weighted by Gasteiger charge is -2.31. The molecule has 3 aromatic heterocycles. The number of halogens is 4. The van der Waals surface area contributed by atoms with Crippen molar-refractivity contribution in [2.75, 3.05) is 27.2 Å². The molecule has 15 heteroatoms. The van der Waals surface area contributed by atoms with Crippen molar-refractivity contribution in [2.45, 2.75) is 72.0 Å². The summed E-state index contributed by atoms with van der Waals surface area (Å²) in [7, 11) is 3.61. The molecule has 2 aromatic carbocycles. The fourth-order valence-corrected chi connectivity index (χ4v) is 7.09. The third-order valence-electron chi connectivity index (χ3n) is 9.26. The average Bonchev–Trinajstić information content (AvgIpc) is 3.70. The zero-order valence-corrected chi connectivity index (χ0v) is 33.2. The van der Waals surface area contributed by atoms with Gasteiger partial charge in [0.2, 0.25) is 0 Å². The number of methoxy groups -OCH3 is 1. The molecule has 2 aliphatic heterocycles. The Morgan fingerprint density at radius 2 is 1.72 bits per heavy atom. The lowest BCUT2D eigenvalue weighted by atomic mass is 9.97. The molecule has 2 amide bonds. The molecule has 286 valence electrons. The molecule has 5 heterocycles. The predicted molar refractivity (Wildman–Crippen MR) is 205 cm³/mol. The quantitative estimate of drug-likeness (QED) is 0.174. The summed E-state index contributed by atoms with van der Waals surface area (Å²) in [5.74, 6) is -0.815. The summed E-state index contributed by atoms with van der Waals surface area (Å²) in [5.41, 5.74) is 6.61. The summed E-state index contributed by atoms with van der Waals surface area (Å²) in [6.45, 7) is 8.91. The number of rotatable bonds is 7. The standard InChI is InChI=1S/C25H26ClFN6O2.C14H17BrFNO2/c1-32-4-3-16-7-22(27)18(6-17(16)12-32)13-33-23(14-35-2)20(10-31-33)25(34)30-9-15-5-19-21(26)11-29-24(19)28-8-15;1-14(2,3)19-13(18)17-5-4-9-7-12(16)11(15)6-10(9)8-17/h5-8,10-11H,3-4,9,12-14H2,1-2H3,(H,28,29)(H,30,34);6-7H,4-5,8H2,1-3H3. The van der Waals surface area contributed by atoms with Crippen LogP contribution in [0.25, 0.3) is 11.0 Å². The number of amides is 2. The maximum atomic E-state index is 14.9. The van der Waals surface area contributed by atoms with Gasteiger partial charge in [0.15, 0.2) is 0 Å². The number of fused-ring (bicyclic) bond motifs is 3. The number of hydrogen-bond acceptors (Lipinski definition) is 7. The first-order valence-electron chi connectivity index (χ1n) is 17.6. The number of ether oxygens (including phenoxy) is 2. The van der Waals surface area contributed by atoms with Crippen molar-refractivity contribution >= 4 is 50.6 Å². The van der Waals surface area contributed by atoms with Crippen LogP contribution >= 0.6 is 27.5 Å². The van der Waals surface area contributed by atoms with E-state index in [9.17, 15) is 18.4 Å². The molecule has 0 unspecified atom stereocenters. The number of likely N-dealkylation sites (N-methyl/N-ethyl adjacent to an activating group) is 1. The number of carbonyl (C=O) groups excluding carboxylic acids is 2. The van der Waals surface area contributed by atoms with Gasteiger partial charge in [-0.1, -0.05) is 11.6 Å². The number of pyridine rings is 1. The average molecular weight is 827 g/mol. The number of nitrogens with one attached hydrogen (secondary N) is 2. The first-order valence-corrected chi connectivity index (χ1v) is 18.7. The highest BCUT2D eigenvalue weighted by Crippen LogP contribution is 2.27. The van der Waals surface area contributed by atoms with E-state index in [2.05, 4.69) is 48.3 Å². The van der Waals surface area contributed by atoms with Gasteiger partial charge in [-0.2, -0.15) is 5.10 Å². The van der Waals surface area contributed by atoms with Crippen molar-refractivity contribution in [3.63, 3.8) is 0 Å². The van der Waals surface area contributed by atoms with Gasteiger partial charge >= 0.3 is 6.09 Å². The third-order valence-corrected chi connectivity index (χ3v) is 10.2. The Hall–Kier alpha value is -4.37. The van der Waals surface area contributed by atoms with Gasteiger partial charge in [-0.05, 0) is 115 Å². The lowest BCUT2D eigenvalue weighted by Crippen LogP contribution is -2.39. The highest BCUT2D eigenvalue weighted by molar-refractivity contribution is 9.10. The lowest BCUT2D eigenvalue weighted by molar-refractivity contribution is 0.0223. The van der Waals surface area contributed by atoms with E-state index in [0.717, 1.165) is 52.7 Å². The zero-order chi connectivity index (χ0) is 38.7. The molecule has 0 aliphatic carbocycles. The molecule has 0 spiro atoms. The second-order valence-electron chi connectivity index (χ2n) is 14.5. The zero-order valence-electron chi connectivity index (χ0n) is 30.9. The molecule has 0 saturated carbocycles. The van der Waals surface area contributed by atoms with E-state index in [1.807, 2.05) is 32.9 Å². The highest BCUT2D eigenvalue weighted by Gasteiger charge is 2.26. The minimum atomic E-state index is -0.499. The molecule has 54 heavy (non-hydrogen) atoms. The van der Waals surface area contributed by atoms with Crippen LogP contribution in [0.3, 0.4) is 0 Å². The first kappa shape index (κ1) is 39.3. The van der Waals surface area contributed by atoms with Gasteiger partial charge in [-0.15, -0.1) is 0 Å². The van der Waals surface area contributed by atoms with Crippen LogP contribution in [-0.2, 0) is 55.1 Å². The molecule has 0 atom stereocenters.